The molecule has 28 heavy (non-hydrogen) atoms. The van der Waals surface area contributed by atoms with Crippen LogP contribution in [0.4, 0.5) is 4.79 Å². The van der Waals surface area contributed by atoms with E-state index in [4.69, 9.17) is 9.47 Å². The number of nitrogens with one attached hydrogen (secondary N) is 2. The summed E-state index contributed by atoms with van der Waals surface area (Å²) in [6.07, 6.45) is 0. The molecule has 1 aliphatic heterocycles. The Bertz CT molecular complexity index is 923. The van der Waals surface area contributed by atoms with Gasteiger partial charge in [-0.05, 0) is 13.8 Å². The van der Waals surface area contributed by atoms with Gasteiger partial charge in [0.1, 0.15) is 11.6 Å². The number of rotatable bonds is 6. The van der Waals surface area contributed by atoms with Crippen molar-refractivity contribution in [3.63, 3.8) is 0 Å². The van der Waals surface area contributed by atoms with Crippen molar-refractivity contribution in [3.8, 4) is 10.6 Å². The predicted molar refractivity (Wildman–Crippen MR) is 103 cm³/mol. The fourth-order valence-corrected chi connectivity index (χ4v) is 3.48. The molecule has 0 saturated carbocycles. The van der Waals surface area contributed by atoms with Crippen molar-refractivity contribution in [2.75, 3.05) is 13.2 Å². The topological polar surface area (TPSA) is 107 Å². The molecule has 2 aromatic rings. The highest BCUT2D eigenvalue weighted by molar-refractivity contribution is 7.13. The van der Waals surface area contributed by atoms with Crippen LogP contribution in [0, 0.1) is 0 Å². The number of carbonyl (C=O) groups excluding carboxylic acids is 3. The van der Waals surface area contributed by atoms with E-state index in [-0.39, 0.29) is 30.2 Å². The van der Waals surface area contributed by atoms with Crippen LogP contribution in [0.1, 0.15) is 24.3 Å². The Hall–Kier alpha value is -3.20. The first kappa shape index (κ1) is 19.6. The number of esters is 2. The second kappa shape index (κ2) is 8.66. The molecule has 0 radical (unpaired) electrons. The largest absolute Gasteiger partial charge is 0.463 e. The van der Waals surface area contributed by atoms with Gasteiger partial charge in [-0.2, -0.15) is 0 Å². The lowest BCUT2D eigenvalue weighted by Gasteiger charge is -2.26. The highest BCUT2D eigenvalue weighted by Gasteiger charge is 2.30. The van der Waals surface area contributed by atoms with Crippen LogP contribution in [-0.4, -0.2) is 42.2 Å². The van der Waals surface area contributed by atoms with Gasteiger partial charge < -0.3 is 20.1 Å². The Kier molecular flexibility index (Phi) is 6.05. The minimum Gasteiger partial charge on any atom is -0.463 e. The van der Waals surface area contributed by atoms with Gasteiger partial charge in [0.25, 0.3) is 0 Å². The summed E-state index contributed by atoms with van der Waals surface area (Å²) in [4.78, 5) is 40.5. The maximum absolute atomic E-state index is 12.4. The number of urea groups is 1. The van der Waals surface area contributed by atoms with E-state index < -0.39 is 24.0 Å². The molecule has 2 heterocycles. The van der Waals surface area contributed by atoms with Gasteiger partial charge in [0.15, 0.2) is 5.69 Å². The first-order valence-electron chi connectivity index (χ1n) is 8.65. The number of hydrogen-bond acceptors (Lipinski definition) is 7. The normalized spacial score (nSPS) is 16.2. The third-order valence-corrected chi connectivity index (χ3v) is 4.84. The third kappa shape index (κ3) is 4.37. The molecule has 0 aliphatic carbocycles. The number of ether oxygens (including phenoxy) is 2. The van der Waals surface area contributed by atoms with Gasteiger partial charge in [-0.1, -0.05) is 30.3 Å². The number of aromatic nitrogens is 1. The standard InChI is InChI=1S/C19H19N3O5S/c1-3-26-18(24)15-11(2)20-19(25)22-13(15)9-27-17(23)14-10-28-16(21-14)12-7-5-4-6-8-12/h4-8,10-11H,3,9H2,1-2H3,(H2,20,22,25). The summed E-state index contributed by atoms with van der Waals surface area (Å²) in [5, 5.41) is 7.39. The molecule has 8 nitrogen and oxygen atoms in total. The van der Waals surface area contributed by atoms with E-state index in [1.807, 2.05) is 30.3 Å². The maximum atomic E-state index is 12.4. The second-order valence-corrected chi connectivity index (χ2v) is 6.77. The van der Waals surface area contributed by atoms with Crippen molar-refractivity contribution in [2.45, 2.75) is 19.9 Å². The smallest absolute Gasteiger partial charge is 0.358 e. The number of hydrogen-bond donors (Lipinski definition) is 2. The Morgan fingerprint density at radius 3 is 2.64 bits per heavy atom. The van der Waals surface area contributed by atoms with Crippen molar-refractivity contribution >= 4 is 29.3 Å². The van der Waals surface area contributed by atoms with Gasteiger partial charge in [-0.25, -0.2) is 19.4 Å². The van der Waals surface area contributed by atoms with E-state index in [0.717, 1.165) is 5.56 Å². The van der Waals surface area contributed by atoms with E-state index in [1.54, 1.807) is 19.2 Å². The molecule has 1 atom stereocenters. The van der Waals surface area contributed by atoms with Crippen LogP contribution in [-0.2, 0) is 14.3 Å². The Morgan fingerprint density at radius 2 is 1.93 bits per heavy atom. The van der Waals surface area contributed by atoms with Crippen LogP contribution in [0.2, 0.25) is 0 Å². The molecule has 2 amide bonds. The first-order chi connectivity index (χ1) is 13.5. The molecule has 2 N–H and O–H groups in total. The van der Waals surface area contributed by atoms with E-state index in [2.05, 4.69) is 15.6 Å². The Balaban J connectivity index is 1.73. The zero-order chi connectivity index (χ0) is 20.1. The molecule has 0 spiro atoms. The maximum Gasteiger partial charge on any atom is 0.358 e. The molecule has 146 valence electrons. The van der Waals surface area contributed by atoms with E-state index >= 15 is 0 Å². The summed E-state index contributed by atoms with van der Waals surface area (Å²) < 4.78 is 10.3. The number of nitrogens with zero attached hydrogens (tertiary/aromatic N) is 1. The SMILES string of the molecule is CCOC(=O)C1=C(COC(=O)c2csc(-c3ccccc3)n2)NC(=O)NC1C. The van der Waals surface area contributed by atoms with Crippen LogP contribution >= 0.6 is 11.3 Å². The zero-order valence-corrected chi connectivity index (χ0v) is 16.2. The summed E-state index contributed by atoms with van der Waals surface area (Å²) in [5.74, 6) is -1.22. The molecule has 3 rings (SSSR count). The monoisotopic (exact) mass is 401 g/mol. The van der Waals surface area contributed by atoms with Crippen LogP contribution in [0.3, 0.4) is 0 Å². The molecule has 1 aromatic carbocycles. The summed E-state index contributed by atoms with van der Waals surface area (Å²) in [6, 6.07) is 8.43. The molecule has 1 aliphatic rings. The van der Waals surface area contributed by atoms with Gasteiger partial charge in [0, 0.05) is 10.9 Å². The lowest BCUT2D eigenvalue weighted by molar-refractivity contribution is -0.139. The first-order valence-corrected chi connectivity index (χ1v) is 9.53. The average Bonchev–Trinajstić information content (AvgIpc) is 3.17. The second-order valence-electron chi connectivity index (χ2n) is 5.91. The van der Waals surface area contributed by atoms with Crippen LogP contribution in [0.5, 0.6) is 0 Å². The number of carbonyl (C=O) groups is 3. The fraction of sp³-hybridized carbons (Fsp3) is 0.263. The van der Waals surface area contributed by atoms with Crippen LogP contribution in [0.15, 0.2) is 47.0 Å². The van der Waals surface area contributed by atoms with Gasteiger partial charge in [0.2, 0.25) is 0 Å². The van der Waals surface area contributed by atoms with E-state index in [0.29, 0.717) is 5.01 Å². The van der Waals surface area contributed by atoms with Crippen molar-refractivity contribution < 1.29 is 23.9 Å². The summed E-state index contributed by atoms with van der Waals surface area (Å²) in [7, 11) is 0. The third-order valence-electron chi connectivity index (χ3n) is 3.95. The minimum absolute atomic E-state index is 0.162. The minimum atomic E-state index is -0.644. The molecule has 0 saturated heterocycles. The molecule has 0 bridgehead atoms. The molecule has 9 heteroatoms. The number of amides is 2. The molecule has 1 aromatic heterocycles. The van der Waals surface area contributed by atoms with E-state index in [1.165, 1.54) is 11.3 Å². The van der Waals surface area contributed by atoms with E-state index in [9.17, 15) is 14.4 Å². The highest BCUT2D eigenvalue weighted by atomic mass is 32.1. The number of thiazole rings is 1. The molecular formula is C19H19N3O5S. The molecule has 1 unspecified atom stereocenters. The Labute approximate surface area is 165 Å². The van der Waals surface area contributed by atoms with Gasteiger partial charge in [0.05, 0.1) is 23.9 Å². The van der Waals surface area contributed by atoms with Gasteiger partial charge in [-0.15, -0.1) is 11.3 Å². The summed E-state index contributed by atoms with van der Waals surface area (Å²) >= 11 is 1.33. The predicted octanol–water partition coefficient (Wildman–Crippen LogP) is 2.49. The average molecular weight is 401 g/mol. The summed E-state index contributed by atoms with van der Waals surface area (Å²) in [5.41, 5.74) is 1.48. The lowest BCUT2D eigenvalue weighted by atomic mass is 10.0. The lowest BCUT2D eigenvalue weighted by Crippen LogP contribution is -2.50. The highest BCUT2D eigenvalue weighted by Crippen LogP contribution is 2.24. The number of benzene rings is 1. The van der Waals surface area contributed by atoms with Crippen LogP contribution in [0.25, 0.3) is 10.6 Å². The zero-order valence-electron chi connectivity index (χ0n) is 15.4. The van der Waals surface area contributed by atoms with Crippen molar-refractivity contribution in [3.05, 3.63) is 52.7 Å². The quantitative estimate of drug-likeness (QED) is 0.721. The van der Waals surface area contributed by atoms with Gasteiger partial charge in [-0.3, -0.25) is 0 Å². The Morgan fingerprint density at radius 1 is 1.18 bits per heavy atom. The van der Waals surface area contributed by atoms with Crippen LogP contribution < -0.4 is 10.6 Å². The summed E-state index contributed by atoms with van der Waals surface area (Å²) in [6.45, 7) is 3.25. The molecule has 0 fully saturated rings. The fourth-order valence-electron chi connectivity index (χ4n) is 2.69. The molecular weight excluding hydrogens is 382 g/mol. The van der Waals surface area contributed by atoms with Crippen molar-refractivity contribution in [2.24, 2.45) is 0 Å². The van der Waals surface area contributed by atoms with Crippen molar-refractivity contribution in [1.82, 2.24) is 15.6 Å². The van der Waals surface area contributed by atoms with Gasteiger partial charge >= 0.3 is 18.0 Å². The van der Waals surface area contributed by atoms with Crippen molar-refractivity contribution in [1.29, 1.82) is 0 Å².